The Morgan fingerprint density at radius 1 is 1.15 bits per heavy atom. The Balaban J connectivity index is 2.14. The Morgan fingerprint density at radius 2 is 1.69 bits per heavy atom. The summed E-state index contributed by atoms with van der Waals surface area (Å²) in [5, 5.41) is 12.2. The first-order chi connectivity index (χ1) is 6.27. The van der Waals surface area contributed by atoms with Gasteiger partial charge in [-0.2, -0.15) is 15.0 Å². The van der Waals surface area contributed by atoms with Crippen LogP contribution < -0.4 is 5.32 Å². The number of hydrogen-bond acceptors (Lipinski definition) is 3. The van der Waals surface area contributed by atoms with Gasteiger partial charge in [-0.15, -0.1) is 0 Å². The molecule has 0 radical (unpaired) electrons. The average molecular weight is 180 g/mol. The summed E-state index contributed by atoms with van der Waals surface area (Å²) in [6.45, 7) is 6.20. The molecular formula is C9H16N4. The van der Waals surface area contributed by atoms with Gasteiger partial charge in [0.05, 0.1) is 17.4 Å². The van der Waals surface area contributed by atoms with Crippen molar-refractivity contribution in [2.75, 3.05) is 13.1 Å². The second kappa shape index (κ2) is 3.46. The molecule has 4 nitrogen and oxygen atoms in total. The zero-order valence-electron chi connectivity index (χ0n) is 8.25. The maximum Gasteiger partial charge on any atom is 0.0825 e. The lowest BCUT2D eigenvalue weighted by Crippen LogP contribution is -2.30. The predicted octanol–water partition coefficient (Wildman–Crippen LogP) is 0.819. The highest BCUT2D eigenvalue weighted by atomic mass is 15.5. The van der Waals surface area contributed by atoms with Gasteiger partial charge in [-0.3, -0.25) is 0 Å². The zero-order valence-corrected chi connectivity index (χ0v) is 8.25. The molecule has 0 amide bonds. The number of aromatic nitrogens is 3. The Morgan fingerprint density at radius 3 is 2.23 bits per heavy atom. The molecule has 72 valence electrons. The molecule has 0 atom stereocenters. The third kappa shape index (κ3) is 1.72. The van der Waals surface area contributed by atoms with Gasteiger partial charge in [-0.05, 0) is 39.8 Å². The number of rotatable bonds is 1. The highest BCUT2D eigenvalue weighted by Gasteiger charge is 2.17. The van der Waals surface area contributed by atoms with E-state index in [1.807, 2.05) is 18.6 Å². The van der Waals surface area contributed by atoms with E-state index in [9.17, 15) is 0 Å². The minimum absolute atomic E-state index is 0.508. The van der Waals surface area contributed by atoms with Crippen LogP contribution in [0, 0.1) is 13.8 Å². The first-order valence-corrected chi connectivity index (χ1v) is 4.88. The fourth-order valence-corrected chi connectivity index (χ4v) is 1.68. The van der Waals surface area contributed by atoms with Crippen LogP contribution in [-0.4, -0.2) is 28.1 Å². The van der Waals surface area contributed by atoms with Gasteiger partial charge in [0.15, 0.2) is 0 Å². The van der Waals surface area contributed by atoms with Gasteiger partial charge < -0.3 is 5.32 Å². The van der Waals surface area contributed by atoms with Crippen LogP contribution in [0.15, 0.2) is 0 Å². The fraction of sp³-hybridized carbons (Fsp3) is 0.778. The topological polar surface area (TPSA) is 42.7 Å². The lowest BCUT2D eigenvalue weighted by molar-refractivity contribution is 0.312. The van der Waals surface area contributed by atoms with Crippen LogP contribution in [0.2, 0.25) is 0 Å². The van der Waals surface area contributed by atoms with Gasteiger partial charge >= 0.3 is 0 Å². The number of piperidine rings is 1. The van der Waals surface area contributed by atoms with Gasteiger partial charge in [0.2, 0.25) is 0 Å². The van der Waals surface area contributed by atoms with Crippen LogP contribution in [-0.2, 0) is 0 Å². The Labute approximate surface area is 78.3 Å². The quantitative estimate of drug-likeness (QED) is 0.695. The first-order valence-electron chi connectivity index (χ1n) is 4.88. The summed E-state index contributed by atoms with van der Waals surface area (Å²) in [4.78, 5) is 1.89. The van der Waals surface area contributed by atoms with Crippen molar-refractivity contribution in [3.8, 4) is 0 Å². The number of aryl methyl sites for hydroxylation is 2. The molecule has 0 aromatic carbocycles. The molecule has 2 rings (SSSR count). The highest BCUT2D eigenvalue weighted by Crippen LogP contribution is 2.16. The molecule has 2 heterocycles. The van der Waals surface area contributed by atoms with E-state index < -0.39 is 0 Å². The van der Waals surface area contributed by atoms with Crippen molar-refractivity contribution in [1.29, 1.82) is 0 Å². The molecule has 1 aromatic heterocycles. The highest BCUT2D eigenvalue weighted by molar-refractivity contribution is 5.03. The van der Waals surface area contributed by atoms with Crippen molar-refractivity contribution in [3.63, 3.8) is 0 Å². The molecular weight excluding hydrogens is 164 g/mol. The normalized spacial score (nSPS) is 19.2. The maximum absolute atomic E-state index is 4.41. The van der Waals surface area contributed by atoms with Crippen LogP contribution in [0.3, 0.4) is 0 Å². The van der Waals surface area contributed by atoms with Crippen LogP contribution in [0.4, 0.5) is 0 Å². The minimum atomic E-state index is 0.508. The van der Waals surface area contributed by atoms with E-state index in [-0.39, 0.29) is 0 Å². The molecule has 0 aliphatic carbocycles. The maximum atomic E-state index is 4.41. The van der Waals surface area contributed by atoms with Crippen molar-refractivity contribution in [2.24, 2.45) is 0 Å². The summed E-state index contributed by atoms with van der Waals surface area (Å²) in [7, 11) is 0. The second-order valence-corrected chi connectivity index (χ2v) is 3.67. The molecule has 0 saturated carbocycles. The number of nitrogens with zero attached hydrogens (tertiary/aromatic N) is 3. The predicted molar refractivity (Wildman–Crippen MR) is 50.6 cm³/mol. The first kappa shape index (κ1) is 8.69. The average Bonchev–Trinajstić information content (AvgIpc) is 2.49. The van der Waals surface area contributed by atoms with E-state index in [1.54, 1.807) is 0 Å². The lowest BCUT2D eigenvalue weighted by Gasteiger charge is -2.21. The van der Waals surface area contributed by atoms with Crippen molar-refractivity contribution in [3.05, 3.63) is 11.4 Å². The van der Waals surface area contributed by atoms with Gasteiger partial charge in [-0.25, -0.2) is 0 Å². The molecule has 0 unspecified atom stereocenters. The van der Waals surface area contributed by atoms with Crippen LogP contribution in [0.25, 0.3) is 0 Å². The monoisotopic (exact) mass is 180 g/mol. The smallest absolute Gasteiger partial charge is 0.0825 e. The van der Waals surface area contributed by atoms with Crippen LogP contribution in [0.1, 0.15) is 30.3 Å². The molecule has 1 saturated heterocycles. The van der Waals surface area contributed by atoms with Crippen LogP contribution >= 0.6 is 0 Å². The van der Waals surface area contributed by atoms with Gasteiger partial charge in [0, 0.05) is 0 Å². The third-order valence-corrected chi connectivity index (χ3v) is 2.66. The molecule has 0 spiro atoms. The summed E-state index contributed by atoms with van der Waals surface area (Å²) in [6, 6.07) is 0.508. The Kier molecular flexibility index (Phi) is 2.31. The Hall–Kier alpha value is -0.900. The summed E-state index contributed by atoms with van der Waals surface area (Å²) in [6.07, 6.45) is 2.29. The molecule has 1 aliphatic heterocycles. The van der Waals surface area contributed by atoms with Crippen molar-refractivity contribution in [2.45, 2.75) is 32.7 Å². The van der Waals surface area contributed by atoms with Crippen molar-refractivity contribution in [1.82, 2.24) is 20.3 Å². The van der Waals surface area contributed by atoms with E-state index in [4.69, 9.17) is 0 Å². The van der Waals surface area contributed by atoms with E-state index >= 15 is 0 Å². The van der Waals surface area contributed by atoms with E-state index in [0.29, 0.717) is 6.04 Å². The van der Waals surface area contributed by atoms with Crippen molar-refractivity contribution < 1.29 is 0 Å². The van der Waals surface area contributed by atoms with E-state index in [1.165, 1.54) is 0 Å². The van der Waals surface area contributed by atoms with Gasteiger partial charge in [-0.1, -0.05) is 0 Å². The Bertz CT molecular complexity index is 266. The van der Waals surface area contributed by atoms with E-state index in [2.05, 4.69) is 15.5 Å². The third-order valence-electron chi connectivity index (χ3n) is 2.66. The largest absolute Gasteiger partial charge is 0.317 e. The summed E-state index contributed by atoms with van der Waals surface area (Å²) < 4.78 is 0. The van der Waals surface area contributed by atoms with E-state index in [0.717, 1.165) is 37.3 Å². The summed E-state index contributed by atoms with van der Waals surface area (Å²) >= 11 is 0. The van der Waals surface area contributed by atoms with Crippen molar-refractivity contribution >= 4 is 0 Å². The number of hydrogen-bond donors (Lipinski definition) is 1. The van der Waals surface area contributed by atoms with Crippen LogP contribution in [0.5, 0.6) is 0 Å². The summed E-state index contributed by atoms with van der Waals surface area (Å²) in [5.74, 6) is 0. The molecule has 1 N–H and O–H groups in total. The minimum Gasteiger partial charge on any atom is -0.317 e. The molecule has 0 bridgehead atoms. The summed E-state index contributed by atoms with van der Waals surface area (Å²) in [5.41, 5.74) is 2.11. The second-order valence-electron chi connectivity index (χ2n) is 3.67. The molecule has 1 aliphatic rings. The molecule has 1 aromatic rings. The van der Waals surface area contributed by atoms with Gasteiger partial charge in [0.1, 0.15) is 0 Å². The zero-order chi connectivity index (χ0) is 9.26. The fourth-order valence-electron chi connectivity index (χ4n) is 1.68. The standard InChI is InChI=1S/C9H16N4/c1-7-8(2)12-13(11-7)9-3-5-10-6-4-9/h9-10H,3-6H2,1-2H3. The SMILES string of the molecule is Cc1nn(C2CCNCC2)nc1C. The van der Waals surface area contributed by atoms with Gasteiger partial charge in [0.25, 0.3) is 0 Å². The number of nitrogens with one attached hydrogen (secondary N) is 1. The lowest BCUT2D eigenvalue weighted by atomic mass is 10.1. The molecule has 13 heavy (non-hydrogen) atoms. The molecule has 1 fully saturated rings. The molecule has 4 heteroatoms.